The van der Waals surface area contributed by atoms with Crippen molar-refractivity contribution in [1.82, 2.24) is 15.1 Å². The van der Waals surface area contributed by atoms with Gasteiger partial charge < -0.3 is 11.1 Å². The highest BCUT2D eigenvalue weighted by Gasteiger charge is 2.23. The molecule has 2 saturated heterocycles. The van der Waals surface area contributed by atoms with E-state index in [1.165, 1.54) is 43.6 Å². The summed E-state index contributed by atoms with van der Waals surface area (Å²) in [4.78, 5) is 11.2. The molecule has 1 aromatic rings. The maximum Gasteiger partial charge on any atom is 0.188 e. The molecule has 2 fully saturated rings. The van der Waals surface area contributed by atoms with Crippen molar-refractivity contribution >= 4 is 41.3 Å². The number of guanidine groups is 1. The van der Waals surface area contributed by atoms with E-state index in [0.29, 0.717) is 17.9 Å². The van der Waals surface area contributed by atoms with E-state index in [2.05, 4.69) is 44.5 Å². The average Bonchev–Trinajstić information content (AvgIpc) is 3.29. The van der Waals surface area contributed by atoms with Crippen LogP contribution in [0.15, 0.2) is 22.5 Å². The Labute approximate surface area is 179 Å². The second-order valence-electron chi connectivity index (χ2n) is 7.35. The molecular weight excluding hydrogens is 457 g/mol. The SMILES string of the molecule is CCN1CCCC1CNC(N)=NCC1CCCN(Cc2cccs2)C1.I. The molecule has 2 aliphatic rings. The number of nitrogens with zero attached hydrogens (tertiary/aromatic N) is 3. The summed E-state index contributed by atoms with van der Waals surface area (Å²) in [6, 6.07) is 4.99. The number of thiophene rings is 1. The fourth-order valence-electron chi connectivity index (χ4n) is 4.12. The lowest BCUT2D eigenvalue weighted by atomic mass is 9.98. The highest BCUT2D eigenvalue weighted by molar-refractivity contribution is 14.0. The Morgan fingerprint density at radius 1 is 1.35 bits per heavy atom. The van der Waals surface area contributed by atoms with Crippen LogP contribution in [0.4, 0.5) is 0 Å². The average molecular weight is 491 g/mol. The number of likely N-dealkylation sites (N-methyl/N-ethyl adjacent to an activating group) is 1. The third kappa shape index (κ3) is 6.65. The molecule has 0 amide bonds. The number of nitrogens with one attached hydrogen (secondary N) is 1. The molecule has 0 spiro atoms. The van der Waals surface area contributed by atoms with E-state index in [-0.39, 0.29) is 24.0 Å². The van der Waals surface area contributed by atoms with E-state index in [9.17, 15) is 0 Å². The van der Waals surface area contributed by atoms with Crippen molar-refractivity contribution in [3.8, 4) is 0 Å². The smallest absolute Gasteiger partial charge is 0.188 e. The topological polar surface area (TPSA) is 56.9 Å². The molecular formula is C19H34IN5S. The third-order valence-electron chi connectivity index (χ3n) is 5.51. The number of likely N-dealkylation sites (tertiary alicyclic amines) is 2. The van der Waals surface area contributed by atoms with Crippen molar-refractivity contribution < 1.29 is 0 Å². The lowest BCUT2D eigenvalue weighted by molar-refractivity contribution is 0.172. The molecule has 0 aliphatic carbocycles. The Balaban J connectivity index is 0.00000243. The van der Waals surface area contributed by atoms with Gasteiger partial charge in [0.05, 0.1) is 0 Å². The number of rotatable bonds is 7. The zero-order chi connectivity index (χ0) is 17.5. The molecule has 0 aromatic carbocycles. The van der Waals surface area contributed by atoms with E-state index in [0.717, 1.165) is 32.7 Å². The molecule has 5 nitrogen and oxygen atoms in total. The van der Waals surface area contributed by atoms with Gasteiger partial charge in [-0.3, -0.25) is 14.8 Å². The van der Waals surface area contributed by atoms with E-state index >= 15 is 0 Å². The molecule has 2 aliphatic heterocycles. The Morgan fingerprint density at radius 3 is 2.96 bits per heavy atom. The Hall–Kier alpha value is -0.380. The maximum absolute atomic E-state index is 6.11. The van der Waals surface area contributed by atoms with Crippen molar-refractivity contribution in [3.63, 3.8) is 0 Å². The highest BCUT2D eigenvalue weighted by atomic mass is 127. The van der Waals surface area contributed by atoms with Crippen LogP contribution in [0.2, 0.25) is 0 Å². The van der Waals surface area contributed by atoms with Crippen LogP contribution in [0.5, 0.6) is 0 Å². The van der Waals surface area contributed by atoms with E-state index in [1.54, 1.807) is 0 Å². The summed E-state index contributed by atoms with van der Waals surface area (Å²) in [6.45, 7) is 9.80. The van der Waals surface area contributed by atoms with Crippen LogP contribution in [0.3, 0.4) is 0 Å². The van der Waals surface area contributed by atoms with Gasteiger partial charge in [0, 0.05) is 37.1 Å². The van der Waals surface area contributed by atoms with Crippen LogP contribution in [0.25, 0.3) is 0 Å². The summed E-state index contributed by atoms with van der Waals surface area (Å²) < 4.78 is 0. The predicted molar refractivity (Wildman–Crippen MR) is 122 cm³/mol. The third-order valence-corrected chi connectivity index (χ3v) is 6.37. The van der Waals surface area contributed by atoms with Crippen LogP contribution in [0.1, 0.15) is 37.5 Å². The minimum atomic E-state index is 0. The van der Waals surface area contributed by atoms with Gasteiger partial charge in [-0.25, -0.2) is 0 Å². The molecule has 2 unspecified atom stereocenters. The van der Waals surface area contributed by atoms with Crippen LogP contribution >= 0.6 is 35.3 Å². The fourth-order valence-corrected chi connectivity index (χ4v) is 4.86. The first-order chi connectivity index (χ1) is 12.2. The molecule has 0 radical (unpaired) electrons. The Morgan fingerprint density at radius 2 is 2.19 bits per heavy atom. The largest absolute Gasteiger partial charge is 0.370 e. The van der Waals surface area contributed by atoms with Gasteiger partial charge in [0.2, 0.25) is 0 Å². The van der Waals surface area contributed by atoms with E-state index in [4.69, 9.17) is 5.73 Å². The molecule has 26 heavy (non-hydrogen) atoms. The standard InChI is InChI=1S/C19H33N5S.HI/c1-2-24-10-4-7-17(24)13-22-19(20)21-12-16-6-3-9-23(14-16)15-18-8-5-11-25-18;/h5,8,11,16-17H,2-4,6-7,9-10,12-15H2,1H3,(H3,20,21,22);1H. The van der Waals surface area contributed by atoms with Gasteiger partial charge in [-0.15, -0.1) is 35.3 Å². The quantitative estimate of drug-likeness (QED) is 0.350. The maximum atomic E-state index is 6.11. The van der Waals surface area contributed by atoms with E-state index < -0.39 is 0 Å². The number of hydrogen-bond acceptors (Lipinski definition) is 4. The van der Waals surface area contributed by atoms with Crippen LogP contribution in [-0.4, -0.2) is 61.1 Å². The van der Waals surface area contributed by atoms with Gasteiger partial charge >= 0.3 is 0 Å². The summed E-state index contributed by atoms with van der Waals surface area (Å²) in [7, 11) is 0. The monoisotopic (exact) mass is 491 g/mol. The summed E-state index contributed by atoms with van der Waals surface area (Å²) >= 11 is 1.85. The molecule has 148 valence electrons. The normalized spacial score (nSPS) is 25.2. The first kappa shape index (κ1) is 21.9. The van der Waals surface area contributed by atoms with Crippen molar-refractivity contribution in [2.45, 2.75) is 45.2 Å². The number of piperidine rings is 1. The van der Waals surface area contributed by atoms with Crippen molar-refractivity contribution in [1.29, 1.82) is 0 Å². The molecule has 2 atom stereocenters. The molecule has 7 heteroatoms. The summed E-state index contributed by atoms with van der Waals surface area (Å²) in [5.41, 5.74) is 6.11. The molecule has 0 saturated carbocycles. The van der Waals surface area contributed by atoms with Gasteiger partial charge in [0.15, 0.2) is 5.96 Å². The molecule has 3 N–H and O–H groups in total. The molecule has 0 bridgehead atoms. The summed E-state index contributed by atoms with van der Waals surface area (Å²) in [6.07, 6.45) is 5.12. The minimum Gasteiger partial charge on any atom is -0.370 e. The molecule has 1 aromatic heterocycles. The van der Waals surface area contributed by atoms with Gasteiger partial charge in [0.25, 0.3) is 0 Å². The highest BCUT2D eigenvalue weighted by Crippen LogP contribution is 2.20. The van der Waals surface area contributed by atoms with Crippen molar-refractivity contribution in [2.75, 3.05) is 39.3 Å². The summed E-state index contributed by atoms with van der Waals surface area (Å²) in [5.74, 6) is 1.26. The summed E-state index contributed by atoms with van der Waals surface area (Å²) in [5, 5.41) is 5.51. The van der Waals surface area contributed by atoms with Crippen molar-refractivity contribution in [2.24, 2.45) is 16.6 Å². The van der Waals surface area contributed by atoms with Crippen LogP contribution in [0, 0.1) is 5.92 Å². The van der Waals surface area contributed by atoms with Gasteiger partial charge in [-0.05, 0) is 62.7 Å². The Bertz CT molecular complexity index is 536. The zero-order valence-corrected chi connectivity index (χ0v) is 19.0. The second-order valence-corrected chi connectivity index (χ2v) is 8.39. The van der Waals surface area contributed by atoms with Gasteiger partial charge in [0.1, 0.15) is 0 Å². The van der Waals surface area contributed by atoms with Crippen LogP contribution < -0.4 is 11.1 Å². The number of hydrogen-bond donors (Lipinski definition) is 2. The minimum absolute atomic E-state index is 0. The van der Waals surface area contributed by atoms with E-state index in [1.807, 2.05) is 11.3 Å². The second kappa shape index (κ2) is 11.5. The lowest BCUT2D eigenvalue weighted by Crippen LogP contribution is -2.43. The number of halogens is 1. The van der Waals surface area contributed by atoms with Crippen molar-refractivity contribution in [3.05, 3.63) is 22.4 Å². The number of aliphatic imine (C=N–C) groups is 1. The molecule has 3 rings (SSSR count). The van der Waals surface area contributed by atoms with Gasteiger partial charge in [-0.1, -0.05) is 13.0 Å². The zero-order valence-electron chi connectivity index (χ0n) is 15.9. The number of nitrogens with two attached hydrogens (primary N) is 1. The fraction of sp³-hybridized carbons (Fsp3) is 0.737. The van der Waals surface area contributed by atoms with Crippen LogP contribution in [-0.2, 0) is 6.54 Å². The lowest BCUT2D eigenvalue weighted by Gasteiger charge is -2.31. The molecule has 3 heterocycles. The first-order valence-electron chi connectivity index (χ1n) is 9.77. The van der Waals surface area contributed by atoms with Gasteiger partial charge in [-0.2, -0.15) is 0 Å². The predicted octanol–water partition coefficient (Wildman–Crippen LogP) is 2.97. The first-order valence-corrected chi connectivity index (χ1v) is 10.6. The Kier molecular flexibility index (Phi) is 9.66.